The van der Waals surface area contributed by atoms with Gasteiger partial charge >= 0.3 is 0 Å². The van der Waals surface area contributed by atoms with Crippen molar-refractivity contribution in [1.82, 2.24) is 5.32 Å². The number of hydrogen-bond acceptors (Lipinski definition) is 4. The molecule has 1 rings (SSSR count). The van der Waals surface area contributed by atoms with Gasteiger partial charge in [0.25, 0.3) is 0 Å². The maximum Gasteiger partial charge on any atom is 0.141 e. The number of rotatable bonds is 5. The van der Waals surface area contributed by atoms with E-state index in [1.54, 1.807) is 6.92 Å². The van der Waals surface area contributed by atoms with Crippen LogP contribution in [0.25, 0.3) is 0 Å². The summed E-state index contributed by atoms with van der Waals surface area (Å²) in [5.74, 6) is 0. The maximum absolute atomic E-state index is 8.37. The fourth-order valence-electron chi connectivity index (χ4n) is 0.857. The van der Waals surface area contributed by atoms with Crippen molar-refractivity contribution in [3.05, 3.63) is 0 Å². The zero-order chi connectivity index (χ0) is 8.81. The highest BCUT2D eigenvalue weighted by molar-refractivity contribution is 4.79. The SMILES string of the molecule is CC(C#N)OCCOC1CNC1. The van der Waals surface area contributed by atoms with Gasteiger partial charge in [-0.2, -0.15) is 5.26 Å². The molecule has 0 saturated carbocycles. The molecule has 1 unspecified atom stereocenters. The molecule has 1 aliphatic rings. The summed E-state index contributed by atoms with van der Waals surface area (Å²) in [6, 6.07) is 1.99. The summed E-state index contributed by atoms with van der Waals surface area (Å²) >= 11 is 0. The molecule has 1 heterocycles. The molecule has 0 aromatic rings. The van der Waals surface area contributed by atoms with Gasteiger partial charge in [-0.05, 0) is 6.92 Å². The molecule has 0 aliphatic carbocycles. The Balaban J connectivity index is 1.86. The largest absolute Gasteiger partial charge is 0.373 e. The standard InChI is InChI=1S/C8H14N2O2/c1-7(4-9)11-2-3-12-8-5-10-6-8/h7-8,10H,2-3,5-6H2,1H3. The number of nitriles is 1. The molecule has 68 valence electrons. The second-order valence-corrected chi connectivity index (χ2v) is 2.79. The predicted octanol–water partition coefficient (Wildman–Crippen LogP) is -0.0965. The van der Waals surface area contributed by atoms with Crippen LogP contribution in [0.1, 0.15) is 6.92 Å². The summed E-state index contributed by atoms with van der Waals surface area (Å²) in [7, 11) is 0. The van der Waals surface area contributed by atoms with E-state index in [4.69, 9.17) is 14.7 Å². The first-order valence-electron chi connectivity index (χ1n) is 4.16. The van der Waals surface area contributed by atoms with Crippen LogP contribution in [0.3, 0.4) is 0 Å². The Hall–Kier alpha value is -0.630. The molecule has 1 atom stereocenters. The van der Waals surface area contributed by atoms with Crippen LogP contribution in [-0.4, -0.2) is 38.5 Å². The lowest BCUT2D eigenvalue weighted by Gasteiger charge is -2.27. The summed E-state index contributed by atoms with van der Waals surface area (Å²) in [6.45, 7) is 4.69. The van der Waals surface area contributed by atoms with E-state index in [0.717, 1.165) is 13.1 Å². The van der Waals surface area contributed by atoms with Gasteiger partial charge in [0, 0.05) is 13.1 Å². The highest BCUT2D eigenvalue weighted by atomic mass is 16.5. The van der Waals surface area contributed by atoms with Crippen molar-refractivity contribution in [3.63, 3.8) is 0 Å². The van der Waals surface area contributed by atoms with Gasteiger partial charge in [-0.3, -0.25) is 0 Å². The predicted molar refractivity (Wildman–Crippen MR) is 43.6 cm³/mol. The monoisotopic (exact) mass is 170 g/mol. The van der Waals surface area contributed by atoms with Crippen LogP contribution < -0.4 is 5.32 Å². The third-order valence-electron chi connectivity index (χ3n) is 1.73. The Morgan fingerprint density at radius 2 is 2.33 bits per heavy atom. The topological polar surface area (TPSA) is 54.3 Å². The van der Waals surface area contributed by atoms with Crippen molar-refractivity contribution in [2.45, 2.75) is 19.1 Å². The second kappa shape index (κ2) is 5.09. The molecule has 1 fully saturated rings. The molecule has 12 heavy (non-hydrogen) atoms. The first kappa shape index (κ1) is 9.46. The second-order valence-electron chi connectivity index (χ2n) is 2.79. The van der Waals surface area contributed by atoms with Crippen molar-refractivity contribution >= 4 is 0 Å². The highest BCUT2D eigenvalue weighted by Gasteiger charge is 2.16. The van der Waals surface area contributed by atoms with Gasteiger partial charge in [0.1, 0.15) is 6.10 Å². The summed E-state index contributed by atoms with van der Waals surface area (Å²) < 4.78 is 10.5. The van der Waals surface area contributed by atoms with E-state index < -0.39 is 0 Å². The van der Waals surface area contributed by atoms with E-state index in [2.05, 4.69) is 5.32 Å². The van der Waals surface area contributed by atoms with E-state index in [9.17, 15) is 0 Å². The van der Waals surface area contributed by atoms with E-state index in [-0.39, 0.29) is 6.10 Å². The Bertz CT molecular complexity index is 163. The van der Waals surface area contributed by atoms with Gasteiger partial charge in [0.15, 0.2) is 0 Å². The molecule has 0 radical (unpaired) electrons. The number of nitrogens with zero attached hydrogens (tertiary/aromatic N) is 1. The van der Waals surface area contributed by atoms with Gasteiger partial charge in [-0.15, -0.1) is 0 Å². The average Bonchev–Trinajstić information content (AvgIpc) is 2.00. The van der Waals surface area contributed by atoms with Gasteiger partial charge in [-0.25, -0.2) is 0 Å². The fraction of sp³-hybridized carbons (Fsp3) is 0.875. The molecular formula is C8H14N2O2. The van der Waals surface area contributed by atoms with Gasteiger partial charge < -0.3 is 14.8 Å². The van der Waals surface area contributed by atoms with E-state index in [1.807, 2.05) is 6.07 Å². The molecule has 1 aliphatic heterocycles. The lowest BCUT2D eigenvalue weighted by atomic mass is 10.2. The quantitative estimate of drug-likeness (QED) is 0.585. The molecule has 4 heteroatoms. The lowest BCUT2D eigenvalue weighted by Crippen LogP contribution is -2.48. The smallest absolute Gasteiger partial charge is 0.141 e. The fourth-order valence-corrected chi connectivity index (χ4v) is 0.857. The summed E-state index contributed by atoms with van der Waals surface area (Å²) in [6.07, 6.45) is 0.0270. The number of hydrogen-bond donors (Lipinski definition) is 1. The Morgan fingerprint density at radius 1 is 1.58 bits per heavy atom. The normalized spacial score (nSPS) is 19.7. The third-order valence-corrected chi connectivity index (χ3v) is 1.73. The molecule has 4 nitrogen and oxygen atoms in total. The number of nitrogens with one attached hydrogen (secondary N) is 1. The minimum absolute atomic E-state index is 0.326. The van der Waals surface area contributed by atoms with Crippen molar-refractivity contribution in [3.8, 4) is 6.07 Å². The molecule has 0 amide bonds. The Morgan fingerprint density at radius 3 is 2.83 bits per heavy atom. The van der Waals surface area contributed by atoms with Gasteiger partial charge in [0.2, 0.25) is 0 Å². The third kappa shape index (κ3) is 3.18. The van der Waals surface area contributed by atoms with Crippen LogP contribution in [0, 0.1) is 11.3 Å². The molecule has 0 spiro atoms. The lowest BCUT2D eigenvalue weighted by molar-refractivity contribution is -0.0235. The van der Waals surface area contributed by atoms with Crippen molar-refractivity contribution in [1.29, 1.82) is 5.26 Å². The van der Waals surface area contributed by atoms with Crippen molar-refractivity contribution in [2.24, 2.45) is 0 Å². The molecule has 1 N–H and O–H groups in total. The molecule has 0 aromatic carbocycles. The molecule has 0 aromatic heterocycles. The van der Waals surface area contributed by atoms with Crippen molar-refractivity contribution < 1.29 is 9.47 Å². The first-order valence-corrected chi connectivity index (χ1v) is 4.16. The summed E-state index contributed by atoms with van der Waals surface area (Å²) in [5.41, 5.74) is 0. The maximum atomic E-state index is 8.37. The Kier molecular flexibility index (Phi) is 4.01. The number of ether oxygens (including phenoxy) is 2. The van der Waals surface area contributed by atoms with Crippen molar-refractivity contribution in [2.75, 3.05) is 26.3 Å². The Labute approximate surface area is 72.5 Å². The van der Waals surface area contributed by atoms with Crippen LogP contribution in [0.15, 0.2) is 0 Å². The van der Waals surface area contributed by atoms with E-state index >= 15 is 0 Å². The summed E-state index contributed by atoms with van der Waals surface area (Å²) in [4.78, 5) is 0. The highest BCUT2D eigenvalue weighted by Crippen LogP contribution is 1.97. The van der Waals surface area contributed by atoms with Crippen LogP contribution in [-0.2, 0) is 9.47 Å². The zero-order valence-corrected chi connectivity index (χ0v) is 7.25. The van der Waals surface area contributed by atoms with Crippen LogP contribution in [0.4, 0.5) is 0 Å². The van der Waals surface area contributed by atoms with E-state index in [0.29, 0.717) is 19.3 Å². The van der Waals surface area contributed by atoms with E-state index in [1.165, 1.54) is 0 Å². The van der Waals surface area contributed by atoms with Crippen LogP contribution >= 0.6 is 0 Å². The van der Waals surface area contributed by atoms with Crippen LogP contribution in [0.5, 0.6) is 0 Å². The molecule has 1 saturated heterocycles. The zero-order valence-electron chi connectivity index (χ0n) is 7.25. The van der Waals surface area contributed by atoms with Gasteiger partial charge in [0.05, 0.1) is 25.4 Å². The minimum Gasteiger partial charge on any atom is -0.373 e. The van der Waals surface area contributed by atoms with Crippen LogP contribution in [0.2, 0.25) is 0 Å². The molecular weight excluding hydrogens is 156 g/mol. The molecule has 0 bridgehead atoms. The average molecular weight is 170 g/mol. The first-order chi connectivity index (χ1) is 5.83. The van der Waals surface area contributed by atoms with Gasteiger partial charge in [-0.1, -0.05) is 0 Å². The minimum atomic E-state index is -0.326. The summed E-state index contributed by atoms with van der Waals surface area (Å²) in [5, 5.41) is 11.5.